The van der Waals surface area contributed by atoms with Gasteiger partial charge in [0.05, 0.1) is 25.4 Å². The summed E-state index contributed by atoms with van der Waals surface area (Å²) in [5, 5.41) is 56.8. The summed E-state index contributed by atoms with van der Waals surface area (Å²) in [5.74, 6) is -1.19. The molecule has 0 aliphatic carbocycles. The Morgan fingerprint density at radius 3 is 1.42 bits per heavy atom. The van der Waals surface area contributed by atoms with E-state index in [0.717, 1.165) is 70.6 Å². The fourth-order valence-corrected chi connectivity index (χ4v) is 9.18. The average molecular weight is 981 g/mol. The molecule has 0 bridgehead atoms. The first-order chi connectivity index (χ1) is 33.7. The van der Waals surface area contributed by atoms with Crippen LogP contribution in [0, 0.1) is 0 Å². The molecule has 1 rings (SSSR count). The highest BCUT2D eigenvalue weighted by Gasteiger charge is 2.47. The fourth-order valence-electron chi connectivity index (χ4n) is 9.18. The maximum absolute atomic E-state index is 13.4. The van der Waals surface area contributed by atoms with E-state index in [0.29, 0.717) is 12.8 Å². The summed E-state index contributed by atoms with van der Waals surface area (Å²) in [6, 6.07) is -1.02. The van der Waals surface area contributed by atoms with Gasteiger partial charge in [0, 0.05) is 6.42 Å². The van der Waals surface area contributed by atoms with E-state index in [1.165, 1.54) is 154 Å². The van der Waals surface area contributed by atoms with Crippen LogP contribution in [0.1, 0.15) is 271 Å². The standard InChI is InChI=1S/C58H109NO10/c1-4-7-10-13-16-19-22-24-26-28-31-34-37-40-43-46-53(63)69-56-55(65)54(64)52(47-60)68-58(56)67-48-49(50(61)44-41-38-35-32-29-21-18-15-12-9-6-3)59-57(66)51(62)45-42-39-36-33-30-27-25-23-20-17-14-11-8-5-2/h20,23,41,44,49-52,54-56,58,60-62,64-65H,4-19,21-22,24-40,42-43,45-48H2,1-3H3,(H,59,66)/b23-20-,44-41+. The third-order valence-corrected chi connectivity index (χ3v) is 13.9. The third kappa shape index (κ3) is 35.8. The van der Waals surface area contributed by atoms with E-state index in [9.17, 15) is 35.1 Å². The Bertz CT molecular complexity index is 1220. The van der Waals surface area contributed by atoms with Crippen LogP contribution in [0.15, 0.2) is 24.3 Å². The monoisotopic (exact) mass is 980 g/mol. The van der Waals surface area contributed by atoms with Gasteiger partial charge >= 0.3 is 5.97 Å². The summed E-state index contributed by atoms with van der Waals surface area (Å²) < 4.78 is 17.6. The normalized spacial score (nSPS) is 19.9. The minimum atomic E-state index is -1.61. The van der Waals surface area contributed by atoms with Gasteiger partial charge in [-0.1, -0.05) is 238 Å². The molecular weight excluding hydrogens is 871 g/mol. The molecule has 0 radical (unpaired) electrons. The summed E-state index contributed by atoms with van der Waals surface area (Å²) in [5.41, 5.74) is 0. The van der Waals surface area contributed by atoms with E-state index in [4.69, 9.17) is 14.2 Å². The van der Waals surface area contributed by atoms with Gasteiger partial charge in [-0.3, -0.25) is 9.59 Å². The molecule has 0 aromatic heterocycles. The van der Waals surface area contributed by atoms with Crippen LogP contribution < -0.4 is 5.32 Å². The first-order valence-electron chi connectivity index (χ1n) is 29.1. The van der Waals surface area contributed by atoms with Crippen molar-refractivity contribution in [1.29, 1.82) is 0 Å². The minimum absolute atomic E-state index is 0.129. The van der Waals surface area contributed by atoms with Crippen molar-refractivity contribution >= 4 is 11.9 Å². The van der Waals surface area contributed by atoms with Gasteiger partial charge in [-0.05, 0) is 51.4 Å². The zero-order chi connectivity index (χ0) is 50.4. The van der Waals surface area contributed by atoms with E-state index >= 15 is 0 Å². The van der Waals surface area contributed by atoms with Crippen molar-refractivity contribution in [2.45, 2.75) is 320 Å². The predicted octanol–water partition coefficient (Wildman–Crippen LogP) is 12.9. The van der Waals surface area contributed by atoms with Crippen LogP contribution in [0.25, 0.3) is 0 Å². The molecule has 1 heterocycles. The molecule has 11 nitrogen and oxygen atoms in total. The predicted molar refractivity (Wildman–Crippen MR) is 283 cm³/mol. The zero-order valence-corrected chi connectivity index (χ0v) is 44.7. The lowest BCUT2D eigenvalue weighted by Gasteiger charge is -2.41. The number of rotatable bonds is 49. The van der Waals surface area contributed by atoms with E-state index in [1.54, 1.807) is 6.08 Å². The van der Waals surface area contributed by atoms with Crippen LogP contribution in [-0.4, -0.2) is 99.6 Å². The SMILES string of the molecule is CCCCCC/C=C\CCCCCCCCC(O)C(=O)NC(COC1OC(CO)C(O)C(O)C1OC(=O)CCCCCCCCCCCCCCCCC)C(O)/C=C/CCCCCCCCCCC. The topological polar surface area (TPSA) is 175 Å². The smallest absolute Gasteiger partial charge is 0.306 e. The van der Waals surface area contributed by atoms with Crippen molar-refractivity contribution < 1.29 is 49.3 Å². The molecule has 11 heteroatoms. The Morgan fingerprint density at radius 1 is 0.551 bits per heavy atom. The molecular formula is C58H109NO10. The molecule has 0 aromatic rings. The van der Waals surface area contributed by atoms with Gasteiger partial charge in [0.2, 0.25) is 5.91 Å². The number of carbonyl (C=O) groups excluding carboxylic acids is 2. The molecule has 8 unspecified atom stereocenters. The molecule has 69 heavy (non-hydrogen) atoms. The summed E-state index contributed by atoms with van der Waals surface area (Å²) in [6.45, 7) is 5.77. The molecule has 406 valence electrons. The number of aliphatic hydroxyl groups excluding tert-OH is 5. The number of unbranched alkanes of at least 4 members (excludes halogenated alkanes) is 33. The van der Waals surface area contributed by atoms with Crippen molar-refractivity contribution in [1.82, 2.24) is 5.32 Å². The van der Waals surface area contributed by atoms with E-state index < -0.39 is 67.4 Å². The van der Waals surface area contributed by atoms with Crippen molar-refractivity contribution in [3.05, 3.63) is 24.3 Å². The second-order valence-electron chi connectivity index (χ2n) is 20.4. The summed E-state index contributed by atoms with van der Waals surface area (Å²) in [7, 11) is 0. The number of esters is 1. The highest BCUT2D eigenvalue weighted by Crippen LogP contribution is 2.26. The third-order valence-electron chi connectivity index (χ3n) is 13.9. The number of nitrogens with one attached hydrogen (secondary N) is 1. The Hall–Kier alpha value is -1.86. The number of allylic oxidation sites excluding steroid dienone is 3. The van der Waals surface area contributed by atoms with Crippen molar-refractivity contribution in [2.75, 3.05) is 13.2 Å². The number of amides is 1. The molecule has 1 aliphatic rings. The zero-order valence-electron chi connectivity index (χ0n) is 44.7. The van der Waals surface area contributed by atoms with Gasteiger partial charge in [-0.2, -0.15) is 0 Å². The molecule has 8 atom stereocenters. The van der Waals surface area contributed by atoms with Crippen LogP contribution in [0.4, 0.5) is 0 Å². The molecule has 1 saturated heterocycles. The Kier molecular flexibility index (Phi) is 44.5. The molecule has 1 aliphatic heterocycles. The van der Waals surface area contributed by atoms with E-state index in [-0.39, 0.29) is 19.4 Å². The van der Waals surface area contributed by atoms with Crippen LogP contribution in [-0.2, 0) is 23.8 Å². The molecule has 6 N–H and O–H groups in total. The lowest BCUT2D eigenvalue weighted by atomic mass is 9.99. The van der Waals surface area contributed by atoms with E-state index in [2.05, 4.69) is 38.2 Å². The van der Waals surface area contributed by atoms with Crippen molar-refractivity contribution in [3.63, 3.8) is 0 Å². The first kappa shape index (κ1) is 65.2. The van der Waals surface area contributed by atoms with Crippen LogP contribution >= 0.6 is 0 Å². The van der Waals surface area contributed by atoms with Gasteiger partial charge in [0.1, 0.15) is 24.4 Å². The molecule has 0 saturated carbocycles. The largest absolute Gasteiger partial charge is 0.454 e. The quantitative estimate of drug-likeness (QED) is 0.0196. The minimum Gasteiger partial charge on any atom is -0.454 e. The van der Waals surface area contributed by atoms with Gasteiger partial charge in [0.15, 0.2) is 12.4 Å². The highest BCUT2D eigenvalue weighted by atomic mass is 16.7. The van der Waals surface area contributed by atoms with E-state index in [1.807, 2.05) is 6.08 Å². The maximum atomic E-state index is 13.4. The van der Waals surface area contributed by atoms with Gasteiger partial charge in [0.25, 0.3) is 0 Å². The van der Waals surface area contributed by atoms with Crippen molar-refractivity contribution in [2.24, 2.45) is 0 Å². The molecule has 1 fully saturated rings. The average Bonchev–Trinajstić information content (AvgIpc) is 3.34. The summed E-state index contributed by atoms with van der Waals surface area (Å²) in [6.07, 6.45) is 42.2. The lowest BCUT2D eigenvalue weighted by Crippen LogP contribution is -2.61. The van der Waals surface area contributed by atoms with Crippen molar-refractivity contribution in [3.8, 4) is 0 Å². The maximum Gasteiger partial charge on any atom is 0.306 e. The number of ether oxygens (including phenoxy) is 3. The van der Waals surface area contributed by atoms with Gasteiger partial charge < -0.3 is 45.1 Å². The Morgan fingerprint density at radius 2 is 0.957 bits per heavy atom. The molecule has 0 spiro atoms. The first-order valence-corrected chi connectivity index (χ1v) is 29.1. The Balaban J connectivity index is 2.71. The lowest BCUT2D eigenvalue weighted by molar-refractivity contribution is -0.305. The number of hydrogen-bond acceptors (Lipinski definition) is 10. The summed E-state index contributed by atoms with van der Waals surface area (Å²) >= 11 is 0. The van der Waals surface area contributed by atoms with Gasteiger partial charge in [-0.25, -0.2) is 0 Å². The molecule has 0 aromatic carbocycles. The Labute approximate surface area is 422 Å². The molecule has 1 amide bonds. The van der Waals surface area contributed by atoms with Gasteiger partial charge in [-0.15, -0.1) is 0 Å². The number of aliphatic hydroxyl groups is 5. The second kappa shape index (κ2) is 47.2. The fraction of sp³-hybridized carbons (Fsp3) is 0.897. The van der Waals surface area contributed by atoms with Crippen LogP contribution in [0.3, 0.4) is 0 Å². The van der Waals surface area contributed by atoms with Crippen LogP contribution in [0.2, 0.25) is 0 Å². The number of hydrogen-bond donors (Lipinski definition) is 6. The second-order valence-corrected chi connectivity index (χ2v) is 20.4. The van der Waals surface area contributed by atoms with Crippen LogP contribution in [0.5, 0.6) is 0 Å². The number of carbonyl (C=O) groups is 2. The summed E-state index contributed by atoms with van der Waals surface area (Å²) in [4.78, 5) is 26.4. The highest BCUT2D eigenvalue weighted by molar-refractivity contribution is 5.80.